The maximum Gasteiger partial charge on any atom is 0.307 e. The van der Waals surface area contributed by atoms with Crippen molar-refractivity contribution in [1.29, 1.82) is 0 Å². The Morgan fingerprint density at radius 1 is 1.28 bits per heavy atom. The second-order valence-corrected chi connectivity index (χ2v) is 7.23. The van der Waals surface area contributed by atoms with Crippen molar-refractivity contribution in [2.75, 3.05) is 46.5 Å². The van der Waals surface area contributed by atoms with Crippen LogP contribution in [0.2, 0.25) is 0 Å². The summed E-state index contributed by atoms with van der Waals surface area (Å²) in [4.78, 5) is 44.3. The molecule has 0 spiro atoms. The third-order valence-electron chi connectivity index (χ3n) is 5.17. The molecule has 2 aliphatic rings. The average molecular weight is 405 g/mol. The Bertz CT molecular complexity index is 707. The van der Waals surface area contributed by atoms with E-state index >= 15 is 0 Å². The van der Waals surface area contributed by atoms with Crippen molar-refractivity contribution in [1.82, 2.24) is 14.8 Å². The van der Waals surface area contributed by atoms with E-state index in [-0.39, 0.29) is 49.3 Å². The quantitative estimate of drug-likeness (QED) is 0.599. The van der Waals surface area contributed by atoms with Gasteiger partial charge in [-0.1, -0.05) is 0 Å². The molecule has 29 heavy (non-hydrogen) atoms. The highest BCUT2D eigenvalue weighted by Crippen LogP contribution is 2.19. The molecule has 0 radical (unpaired) electrons. The van der Waals surface area contributed by atoms with Crippen molar-refractivity contribution in [2.45, 2.75) is 25.6 Å². The summed E-state index contributed by atoms with van der Waals surface area (Å²) >= 11 is 0. The number of hydrogen-bond acceptors (Lipinski definition) is 7. The largest absolute Gasteiger partial charge is 0.469 e. The first-order valence-electron chi connectivity index (χ1n) is 9.78. The number of methoxy groups -OCH3 is 1. The first-order chi connectivity index (χ1) is 14.1. The van der Waals surface area contributed by atoms with Crippen molar-refractivity contribution in [3.05, 3.63) is 30.1 Å². The molecule has 158 valence electrons. The van der Waals surface area contributed by atoms with Crippen molar-refractivity contribution in [3.63, 3.8) is 0 Å². The Labute approximate surface area is 169 Å². The van der Waals surface area contributed by atoms with Crippen LogP contribution < -0.4 is 0 Å². The summed E-state index contributed by atoms with van der Waals surface area (Å²) in [5.74, 6) is -0.878. The first kappa shape index (κ1) is 21.2. The van der Waals surface area contributed by atoms with Crippen LogP contribution in [0.4, 0.5) is 0 Å². The van der Waals surface area contributed by atoms with E-state index < -0.39 is 0 Å². The number of amides is 2. The smallest absolute Gasteiger partial charge is 0.307 e. The van der Waals surface area contributed by atoms with Gasteiger partial charge in [0.1, 0.15) is 0 Å². The summed E-state index contributed by atoms with van der Waals surface area (Å²) in [7, 11) is 1.32. The Kier molecular flexibility index (Phi) is 7.54. The number of rotatable bonds is 7. The number of carbonyl (C=O) groups is 3. The number of aromatic nitrogens is 1. The highest BCUT2D eigenvalue weighted by molar-refractivity contribution is 5.87. The summed E-state index contributed by atoms with van der Waals surface area (Å²) in [6.45, 7) is 2.14. The molecule has 3 rings (SSSR count). The van der Waals surface area contributed by atoms with Crippen LogP contribution in [-0.4, -0.2) is 85.2 Å². The number of esters is 1. The van der Waals surface area contributed by atoms with Gasteiger partial charge in [-0.3, -0.25) is 19.4 Å². The zero-order chi connectivity index (χ0) is 20.6. The predicted octanol–water partition coefficient (Wildman–Crippen LogP) is 0.237. The van der Waals surface area contributed by atoms with E-state index in [1.165, 1.54) is 7.11 Å². The van der Waals surface area contributed by atoms with Crippen molar-refractivity contribution in [2.24, 2.45) is 5.92 Å². The third kappa shape index (κ3) is 5.98. The molecule has 0 unspecified atom stereocenters. The number of ether oxygens (including phenoxy) is 3. The number of pyridine rings is 1. The van der Waals surface area contributed by atoms with Crippen LogP contribution in [0.5, 0.6) is 0 Å². The Morgan fingerprint density at radius 2 is 2.07 bits per heavy atom. The minimum Gasteiger partial charge on any atom is -0.469 e. The minimum absolute atomic E-state index is 0.0222. The van der Waals surface area contributed by atoms with Crippen LogP contribution >= 0.6 is 0 Å². The van der Waals surface area contributed by atoms with Crippen LogP contribution in [0.15, 0.2) is 24.5 Å². The van der Waals surface area contributed by atoms with Gasteiger partial charge in [-0.2, -0.15) is 0 Å². The van der Waals surface area contributed by atoms with E-state index in [1.54, 1.807) is 22.2 Å². The van der Waals surface area contributed by atoms with Crippen LogP contribution in [0.3, 0.4) is 0 Å². The molecule has 9 heteroatoms. The second-order valence-electron chi connectivity index (χ2n) is 7.23. The standard InChI is InChI=1S/C20H27N3O6/c1-27-19(25)4-8-22-10-17(29-13-15-2-6-21-7-3-15)11-23(12-18(22)24)20(26)16-5-9-28-14-16/h2-3,6-7,16-17H,4-5,8-14H2,1H3/t16-,17-/m0/s1. The fourth-order valence-corrected chi connectivity index (χ4v) is 3.48. The number of carbonyl (C=O) groups excluding carboxylic acids is 3. The van der Waals surface area contributed by atoms with Crippen LogP contribution in [0, 0.1) is 5.92 Å². The van der Waals surface area contributed by atoms with Gasteiger partial charge in [0.25, 0.3) is 0 Å². The monoisotopic (exact) mass is 405 g/mol. The molecule has 2 atom stereocenters. The Balaban J connectivity index is 1.68. The van der Waals surface area contributed by atoms with Gasteiger partial charge in [0, 0.05) is 38.6 Å². The topological polar surface area (TPSA) is 98.3 Å². The van der Waals surface area contributed by atoms with Gasteiger partial charge in [0.15, 0.2) is 0 Å². The van der Waals surface area contributed by atoms with Gasteiger partial charge in [-0.25, -0.2) is 0 Å². The molecule has 0 saturated carbocycles. The summed E-state index contributed by atoms with van der Waals surface area (Å²) in [6, 6.07) is 3.71. The molecule has 1 aromatic rings. The molecule has 2 aliphatic heterocycles. The highest BCUT2D eigenvalue weighted by Gasteiger charge is 2.35. The lowest BCUT2D eigenvalue weighted by atomic mass is 10.1. The summed E-state index contributed by atoms with van der Waals surface area (Å²) < 4.78 is 16.0. The van der Waals surface area contributed by atoms with E-state index in [1.807, 2.05) is 12.1 Å². The zero-order valence-corrected chi connectivity index (χ0v) is 16.6. The normalized spacial score (nSPS) is 22.4. The molecule has 2 fully saturated rings. The molecule has 2 saturated heterocycles. The molecule has 0 N–H and O–H groups in total. The first-order valence-corrected chi connectivity index (χ1v) is 9.78. The average Bonchev–Trinajstić information content (AvgIpc) is 3.23. The van der Waals surface area contributed by atoms with Crippen molar-refractivity contribution < 1.29 is 28.6 Å². The van der Waals surface area contributed by atoms with Crippen molar-refractivity contribution in [3.8, 4) is 0 Å². The second kappa shape index (κ2) is 10.3. The fourth-order valence-electron chi connectivity index (χ4n) is 3.48. The van der Waals surface area contributed by atoms with Crippen molar-refractivity contribution >= 4 is 17.8 Å². The fraction of sp³-hybridized carbons (Fsp3) is 0.600. The van der Waals surface area contributed by atoms with E-state index in [4.69, 9.17) is 9.47 Å². The molecule has 0 aromatic carbocycles. The van der Waals surface area contributed by atoms with Gasteiger partial charge < -0.3 is 24.0 Å². The summed E-state index contributed by atoms with van der Waals surface area (Å²) in [5, 5.41) is 0. The van der Waals surface area contributed by atoms with Crippen LogP contribution in [-0.2, 0) is 35.2 Å². The van der Waals surface area contributed by atoms with E-state index in [2.05, 4.69) is 9.72 Å². The summed E-state index contributed by atoms with van der Waals surface area (Å²) in [6.07, 6.45) is 3.78. The molecular weight excluding hydrogens is 378 g/mol. The number of hydrogen-bond donors (Lipinski definition) is 0. The maximum atomic E-state index is 12.9. The van der Waals surface area contributed by atoms with Gasteiger partial charge >= 0.3 is 5.97 Å². The molecular formula is C20H27N3O6. The third-order valence-corrected chi connectivity index (χ3v) is 5.17. The predicted molar refractivity (Wildman–Crippen MR) is 102 cm³/mol. The molecule has 0 aliphatic carbocycles. The number of nitrogens with zero attached hydrogens (tertiary/aromatic N) is 3. The molecule has 1 aromatic heterocycles. The zero-order valence-electron chi connectivity index (χ0n) is 16.6. The lowest BCUT2D eigenvalue weighted by molar-refractivity contribution is -0.143. The molecule has 3 heterocycles. The van der Waals surface area contributed by atoms with Gasteiger partial charge in [-0.15, -0.1) is 0 Å². The SMILES string of the molecule is COC(=O)CCN1C[C@H](OCc2ccncc2)CN(C(=O)[C@H]2CCOC2)CC1=O. The van der Waals surface area contributed by atoms with E-state index in [0.717, 1.165) is 5.56 Å². The molecule has 2 amide bonds. The highest BCUT2D eigenvalue weighted by atomic mass is 16.5. The Hall–Kier alpha value is -2.52. The van der Waals surface area contributed by atoms with E-state index in [9.17, 15) is 14.4 Å². The van der Waals surface area contributed by atoms with Gasteiger partial charge in [0.05, 0.1) is 45.3 Å². The summed E-state index contributed by atoms with van der Waals surface area (Å²) in [5.41, 5.74) is 0.957. The molecule has 0 bridgehead atoms. The van der Waals surface area contributed by atoms with Crippen LogP contribution in [0.1, 0.15) is 18.4 Å². The Morgan fingerprint density at radius 3 is 2.76 bits per heavy atom. The van der Waals surface area contributed by atoms with Gasteiger partial charge in [-0.05, 0) is 24.1 Å². The van der Waals surface area contributed by atoms with E-state index in [0.29, 0.717) is 39.3 Å². The minimum atomic E-state index is -0.382. The lowest BCUT2D eigenvalue weighted by Gasteiger charge is -2.25. The van der Waals surface area contributed by atoms with Gasteiger partial charge in [0.2, 0.25) is 11.8 Å². The molecule has 9 nitrogen and oxygen atoms in total. The lowest BCUT2D eigenvalue weighted by Crippen LogP contribution is -2.43. The maximum absolute atomic E-state index is 12.9. The van der Waals surface area contributed by atoms with Crippen LogP contribution in [0.25, 0.3) is 0 Å².